The average Bonchev–Trinajstić information content (AvgIpc) is 2.16. The van der Waals surface area contributed by atoms with Crippen LogP contribution < -0.4 is 4.90 Å². The molecule has 0 amide bonds. The summed E-state index contributed by atoms with van der Waals surface area (Å²) in [5.41, 5.74) is 0.860. The quantitative estimate of drug-likeness (QED) is 0.900. The zero-order valence-electron chi connectivity index (χ0n) is 8.79. The minimum Gasteiger partial charge on any atom is -0.394 e. The molecule has 0 aliphatic carbocycles. The highest BCUT2D eigenvalue weighted by atomic mass is 79.9. The van der Waals surface area contributed by atoms with Gasteiger partial charge in [0.05, 0.1) is 12.1 Å². The van der Waals surface area contributed by atoms with E-state index in [2.05, 4.69) is 20.8 Å². The summed E-state index contributed by atoms with van der Waals surface area (Å²) in [5.74, 6) is 0. The first kappa shape index (κ1) is 11.5. The molecule has 1 rings (SSSR count). The zero-order chi connectivity index (χ0) is 10.8. The third-order valence-corrected chi connectivity index (χ3v) is 2.98. The Morgan fingerprint density at radius 2 is 2.07 bits per heavy atom. The maximum Gasteiger partial charge on any atom is 0.0658 e. The fraction of sp³-hybridized carbons (Fsp3) is 0.455. The van der Waals surface area contributed by atoms with Crippen LogP contribution in [0.1, 0.15) is 13.8 Å². The SMILES string of the molecule is CN(c1cccc(Br)c1)C(C)(C)CO. The van der Waals surface area contributed by atoms with E-state index in [1.807, 2.05) is 45.2 Å². The molecule has 14 heavy (non-hydrogen) atoms. The minimum atomic E-state index is -0.235. The number of rotatable bonds is 3. The number of hydrogen-bond donors (Lipinski definition) is 1. The molecule has 1 aromatic rings. The van der Waals surface area contributed by atoms with Crippen molar-refractivity contribution in [1.82, 2.24) is 0 Å². The van der Waals surface area contributed by atoms with E-state index in [-0.39, 0.29) is 12.1 Å². The molecular formula is C11H16BrNO. The van der Waals surface area contributed by atoms with E-state index < -0.39 is 0 Å². The van der Waals surface area contributed by atoms with E-state index in [9.17, 15) is 5.11 Å². The van der Waals surface area contributed by atoms with Crippen molar-refractivity contribution < 1.29 is 5.11 Å². The molecule has 78 valence electrons. The minimum absolute atomic E-state index is 0.135. The second-order valence-corrected chi connectivity index (χ2v) is 4.93. The van der Waals surface area contributed by atoms with Gasteiger partial charge in [0.25, 0.3) is 0 Å². The average molecular weight is 258 g/mol. The van der Waals surface area contributed by atoms with Gasteiger partial charge in [-0.3, -0.25) is 0 Å². The van der Waals surface area contributed by atoms with E-state index in [0.717, 1.165) is 10.2 Å². The Morgan fingerprint density at radius 3 is 2.57 bits per heavy atom. The normalized spacial score (nSPS) is 11.5. The number of likely N-dealkylation sites (N-methyl/N-ethyl adjacent to an activating group) is 1. The van der Waals surface area contributed by atoms with Crippen LogP contribution in [0.4, 0.5) is 5.69 Å². The largest absolute Gasteiger partial charge is 0.394 e. The van der Waals surface area contributed by atoms with Gasteiger partial charge in [-0.2, -0.15) is 0 Å². The monoisotopic (exact) mass is 257 g/mol. The summed E-state index contributed by atoms with van der Waals surface area (Å²) < 4.78 is 1.05. The summed E-state index contributed by atoms with van der Waals surface area (Å²) in [4.78, 5) is 2.07. The number of halogens is 1. The second kappa shape index (κ2) is 4.32. The summed E-state index contributed by atoms with van der Waals surface area (Å²) in [6.45, 7) is 4.15. The van der Waals surface area contributed by atoms with Crippen LogP contribution in [0.3, 0.4) is 0 Å². The van der Waals surface area contributed by atoms with Gasteiger partial charge in [-0.05, 0) is 32.0 Å². The van der Waals surface area contributed by atoms with Crippen molar-refractivity contribution in [2.24, 2.45) is 0 Å². The van der Waals surface area contributed by atoms with Crippen molar-refractivity contribution in [3.05, 3.63) is 28.7 Å². The molecule has 0 aliphatic heterocycles. The Morgan fingerprint density at radius 1 is 1.43 bits per heavy atom. The molecule has 0 bridgehead atoms. The van der Waals surface area contributed by atoms with Crippen LogP contribution in [-0.2, 0) is 0 Å². The van der Waals surface area contributed by atoms with Crippen molar-refractivity contribution in [3.63, 3.8) is 0 Å². The van der Waals surface area contributed by atoms with Gasteiger partial charge in [-0.1, -0.05) is 22.0 Å². The van der Waals surface area contributed by atoms with Crippen LogP contribution in [0.25, 0.3) is 0 Å². The molecule has 0 saturated carbocycles. The Labute approximate surface area is 93.7 Å². The molecule has 0 unspecified atom stereocenters. The van der Waals surface area contributed by atoms with Gasteiger partial charge in [0.1, 0.15) is 0 Å². The molecule has 1 aromatic carbocycles. The summed E-state index contributed by atoms with van der Waals surface area (Å²) in [6, 6.07) is 8.05. The molecule has 0 atom stereocenters. The highest BCUT2D eigenvalue weighted by molar-refractivity contribution is 9.10. The molecule has 0 saturated heterocycles. The molecule has 0 aliphatic rings. The van der Waals surface area contributed by atoms with Crippen LogP contribution in [0.15, 0.2) is 28.7 Å². The molecule has 0 radical (unpaired) electrons. The lowest BCUT2D eigenvalue weighted by Gasteiger charge is -2.35. The molecule has 0 aromatic heterocycles. The molecular weight excluding hydrogens is 242 g/mol. The first-order valence-corrected chi connectivity index (χ1v) is 5.37. The van der Waals surface area contributed by atoms with Gasteiger partial charge in [0.15, 0.2) is 0 Å². The summed E-state index contributed by atoms with van der Waals surface area (Å²) in [6.07, 6.45) is 0. The number of aliphatic hydroxyl groups is 1. The Bertz CT molecular complexity index is 312. The molecule has 0 fully saturated rings. The molecule has 1 N–H and O–H groups in total. The fourth-order valence-electron chi connectivity index (χ4n) is 1.14. The lowest BCUT2D eigenvalue weighted by Crippen LogP contribution is -2.44. The molecule has 0 heterocycles. The van der Waals surface area contributed by atoms with Crippen LogP contribution in [0.5, 0.6) is 0 Å². The number of hydrogen-bond acceptors (Lipinski definition) is 2. The van der Waals surface area contributed by atoms with E-state index in [4.69, 9.17) is 0 Å². The third-order valence-electron chi connectivity index (χ3n) is 2.49. The van der Waals surface area contributed by atoms with Crippen molar-refractivity contribution in [3.8, 4) is 0 Å². The van der Waals surface area contributed by atoms with Crippen LogP contribution in [-0.4, -0.2) is 24.3 Å². The predicted molar refractivity (Wildman–Crippen MR) is 63.7 cm³/mol. The predicted octanol–water partition coefficient (Wildman–Crippen LogP) is 2.66. The smallest absolute Gasteiger partial charge is 0.0658 e. The number of aliphatic hydroxyl groups excluding tert-OH is 1. The molecule has 2 nitrogen and oxygen atoms in total. The fourth-order valence-corrected chi connectivity index (χ4v) is 1.53. The summed E-state index contributed by atoms with van der Waals surface area (Å²) >= 11 is 3.43. The van der Waals surface area contributed by atoms with Crippen molar-refractivity contribution in [1.29, 1.82) is 0 Å². The summed E-state index contributed by atoms with van der Waals surface area (Å²) in [7, 11) is 1.98. The topological polar surface area (TPSA) is 23.5 Å². The second-order valence-electron chi connectivity index (χ2n) is 4.01. The highest BCUT2D eigenvalue weighted by Crippen LogP contribution is 2.24. The van der Waals surface area contributed by atoms with Gasteiger partial charge in [0.2, 0.25) is 0 Å². The van der Waals surface area contributed by atoms with Gasteiger partial charge in [-0.15, -0.1) is 0 Å². The van der Waals surface area contributed by atoms with Crippen LogP contribution in [0.2, 0.25) is 0 Å². The van der Waals surface area contributed by atoms with Gasteiger partial charge in [0, 0.05) is 17.2 Å². The Balaban J connectivity index is 2.94. The summed E-state index contributed by atoms with van der Waals surface area (Å²) in [5, 5.41) is 9.24. The highest BCUT2D eigenvalue weighted by Gasteiger charge is 2.22. The number of anilines is 1. The van der Waals surface area contributed by atoms with E-state index in [0.29, 0.717) is 0 Å². The Kier molecular flexibility index (Phi) is 3.56. The van der Waals surface area contributed by atoms with Gasteiger partial charge < -0.3 is 10.0 Å². The van der Waals surface area contributed by atoms with Crippen molar-refractivity contribution >= 4 is 21.6 Å². The van der Waals surface area contributed by atoms with Crippen LogP contribution in [0, 0.1) is 0 Å². The first-order chi connectivity index (χ1) is 6.47. The number of nitrogens with zero attached hydrogens (tertiary/aromatic N) is 1. The van der Waals surface area contributed by atoms with Gasteiger partial charge in [-0.25, -0.2) is 0 Å². The first-order valence-electron chi connectivity index (χ1n) is 4.57. The maximum absolute atomic E-state index is 9.24. The van der Waals surface area contributed by atoms with Crippen molar-refractivity contribution in [2.45, 2.75) is 19.4 Å². The zero-order valence-corrected chi connectivity index (χ0v) is 10.4. The van der Waals surface area contributed by atoms with E-state index in [1.54, 1.807) is 0 Å². The molecule has 3 heteroatoms. The van der Waals surface area contributed by atoms with Crippen molar-refractivity contribution in [2.75, 3.05) is 18.6 Å². The van der Waals surface area contributed by atoms with E-state index >= 15 is 0 Å². The number of benzene rings is 1. The standard InChI is InChI=1S/C11H16BrNO/c1-11(2,8-14)13(3)10-6-4-5-9(12)7-10/h4-7,14H,8H2,1-3H3. The molecule has 0 spiro atoms. The maximum atomic E-state index is 9.24. The lowest BCUT2D eigenvalue weighted by atomic mass is 10.0. The van der Waals surface area contributed by atoms with Gasteiger partial charge >= 0.3 is 0 Å². The Hall–Kier alpha value is -0.540. The van der Waals surface area contributed by atoms with E-state index in [1.165, 1.54) is 0 Å². The lowest BCUT2D eigenvalue weighted by molar-refractivity contribution is 0.216. The van der Waals surface area contributed by atoms with Crippen LogP contribution >= 0.6 is 15.9 Å². The third kappa shape index (κ3) is 2.49.